The average molecular weight is 332 g/mol. The first-order valence-electron chi connectivity index (χ1n) is 7.34. The van der Waals surface area contributed by atoms with E-state index >= 15 is 0 Å². The summed E-state index contributed by atoms with van der Waals surface area (Å²) in [5.41, 5.74) is 0.782. The van der Waals surface area contributed by atoms with Crippen LogP contribution in [0.1, 0.15) is 22.3 Å². The SMILES string of the molecule is COc1cc(O)c(C(=O)CCc2ccc(OC)c(OC)c2)c(O)c1. The predicted octanol–water partition coefficient (Wildman–Crippen LogP) is 2.94. The van der Waals surface area contributed by atoms with Crippen LogP contribution in [-0.4, -0.2) is 37.3 Å². The van der Waals surface area contributed by atoms with Gasteiger partial charge in [0.25, 0.3) is 0 Å². The standard InChI is InChI=1S/C18H20O6/c1-22-12-9-14(20)18(15(21)10-12)13(19)6-4-11-5-7-16(23-2)17(8-11)24-3/h5,7-10,20-21H,4,6H2,1-3H3. The van der Waals surface area contributed by atoms with E-state index in [0.717, 1.165) is 5.56 Å². The van der Waals surface area contributed by atoms with Crippen molar-refractivity contribution in [3.63, 3.8) is 0 Å². The van der Waals surface area contributed by atoms with Gasteiger partial charge in [0, 0.05) is 18.6 Å². The molecule has 6 nitrogen and oxygen atoms in total. The van der Waals surface area contributed by atoms with Gasteiger partial charge in [-0.1, -0.05) is 6.07 Å². The number of phenols is 2. The van der Waals surface area contributed by atoms with E-state index < -0.39 is 0 Å². The second-order valence-electron chi connectivity index (χ2n) is 5.15. The molecule has 0 aliphatic carbocycles. The molecule has 0 saturated carbocycles. The van der Waals surface area contributed by atoms with Crippen LogP contribution < -0.4 is 14.2 Å². The molecule has 0 saturated heterocycles. The minimum absolute atomic E-state index is 0.101. The van der Waals surface area contributed by atoms with Crippen LogP contribution in [0.25, 0.3) is 0 Å². The summed E-state index contributed by atoms with van der Waals surface area (Å²) < 4.78 is 15.3. The number of hydrogen-bond donors (Lipinski definition) is 2. The van der Waals surface area contributed by atoms with Crippen LogP contribution in [0.5, 0.6) is 28.7 Å². The first-order chi connectivity index (χ1) is 11.5. The van der Waals surface area contributed by atoms with E-state index in [2.05, 4.69) is 0 Å². The summed E-state index contributed by atoms with van der Waals surface area (Å²) in [6.07, 6.45) is 0.563. The molecule has 0 radical (unpaired) electrons. The number of carbonyl (C=O) groups excluding carboxylic acids is 1. The normalized spacial score (nSPS) is 10.3. The molecule has 0 unspecified atom stereocenters. The number of ketones is 1. The Labute approximate surface area is 140 Å². The van der Waals surface area contributed by atoms with E-state index in [-0.39, 0.29) is 35.0 Å². The molecule has 2 N–H and O–H groups in total. The molecule has 2 aromatic rings. The maximum absolute atomic E-state index is 12.3. The van der Waals surface area contributed by atoms with Crippen molar-refractivity contribution in [3.05, 3.63) is 41.5 Å². The molecule has 0 fully saturated rings. The van der Waals surface area contributed by atoms with Crippen LogP contribution in [0.15, 0.2) is 30.3 Å². The lowest BCUT2D eigenvalue weighted by Crippen LogP contribution is -2.03. The Morgan fingerprint density at radius 1 is 0.917 bits per heavy atom. The van der Waals surface area contributed by atoms with E-state index in [4.69, 9.17) is 14.2 Å². The fraction of sp³-hybridized carbons (Fsp3) is 0.278. The maximum atomic E-state index is 12.3. The van der Waals surface area contributed by atoms with E-state index in [1.807, 2.05) is 6.07 Å². The van der Waals surface area contributed by atoms with E-state index in [1.165, 1.54) is 19.2 Å². The number of carbonyl (C=O) groups is 1. The number of benzene rings is 2. The number of Topliss-reactive ketones (excluding diaryl/α,β-unsaturated/α-hetero) is 1. The number of methoxy groups -OCH3 is 3. The summed E-state index contributed by atoms with van der Waals surface area (Å²) in [7, 11) is 4.50. The Morgan fingerprint density at radius 2 is 1.54 bits per heavy atom. The van der Waals surface area contributed by atoms with Gasteiger partial charge < -0.3 is 24.4 Å². The molecule has 0 aliphatic rings. The summed E-state index contributed by atoms with van der Waals surface area (Å²) in [5.74, 6) is 0.507. The minimum Gasteiger partial charge on any atom is -0.507 e. The third kappa shape index (κ3) is 3.71. The molecule has 24 heavy (non-hydrogen) atoms. The average Bonchev–Trinajstić information content (AvgIpc) is 2.58. The van der Waals surface area contributed by atoms with Gasteiger partial charge in [0.05, 0.1) is 21.3 Å². The number of rotatable bonds is 7. The molecule has 0 amide bonds. The van der Waals surface area contributed by atoms with Crippen LogP contribution in [0, 0.1) is 0 Å². The molecule has 0 aromatic heterocycles. The van der Waals surface area contributed by atoms with Crippen molar-refractivity contribution < 1.29 is 29.2 Å². The van der Waals surface area contributed by atoms with E-state index in [1.54, 1.807) is 26.4 Å². The zero-order valence-electron chi connectivity index (χ0n) is 13.8. The molecular formula is C18H20O6. The zero-order chi connectivity index (χ0) is 17.7. The van der Waals surface area contributed by atoms with Crippen LogP contribution >= 0.6 is 0 Å². The molecule has 0 atom stereocenters. The third-order valence-corrected chi connectivity index (χ3v) is 3.67. The summed E-state index contributed by atoms with van der Waals surface area (Å²) in [6.45, 7) is 0. The van der Waals surface area contributed by atoms with Gasteiger partial charge in [-0.25, -0.2) is 0 Å². The molecule has 0 bridgehead atoms. The van der Waals surface area contributed by atoms with Gasteiger partial charge in [-0.3, -0.25) is 4.79 Å². The lowest BCUT2D eigenvalue weighted by Gasteiger charge is -2.11. The summed E-state index contributed by atoms with van der Waals surface area (Å²) in [6, 6.07) is 7.98. The van der Waals surface area contributed by atoms with Gasteiger partial charge in [0.1, 0.15) is 22.8 Å². The van der Waals surface area contributed by atoms with E-state index in [0.29, 0.717) is 17.9 Å². The number of hydrogen-bond acceptors (Lipinski definition) is 6. The van der Waals surface area contributed by atoms with Crippen molar-refractivity contribution in [1.29, 1.82) is 0 Å². The van der Waals surface area contributed by atoms with Crippen molar-refractivity contribution in [2.45, 2.75) is 12.8 Å². The van der Waals surface area contributed by atoms with Gasteiger partial charge in [-0.15, -0.1) is 0 Å². The number of phenolic OH excluding ortho intramolecular Hbond substituents is 2. The summed E-state index contributed by atoms with van der Waals surface area (Å²) in [5, 5.41) is 19.8. The Balaban J connectivity index is 2.14. The Kier molecular flexibility index (Phi) is 5.52. The predicted molar refractivity (Wildman–Crippen MR) is 88.5 cm³/mol. The Hall–Kier alpha value is -2.89. The van der Waals surface area contributed by atoms with Gasteiger partial charge >= 0.3 is 0 Å². The molecule has 2 aromatic carbocycles. The van der Waals surface area contributed by atoms with Crippen LogP contribution in [0.4, 0.5) is 0 Å². The highest BCUT2D eigenvalue weighted by atomic mass is 16.5. The molecule has 2 rings (SSSR count). The lowest BCUT2D eigenvalue weighted by molar-refractivity contribution is 0.0977. The van der Waals surface area contributed by atoms with Crippen molar-refractivity contribution in [2.75, 3.05) is 21.3 Å². The van der Waals surface area contributed by atoms with Gasteiger partial charge in [-0.05, 0) is 24.1 Å². The van der Waals surface area contributed by atoms with Gasteiger partial charge in [0.15, 0.2) is 17.3 Å². The number of ether oxygens (including phenoxy) is 3. The number of aromatic hydroxyl groups is 2. The van der Waals surface area contributed by atoms with Crippen LogP contribution in [0.2, 0.25) is 0 Å². The third-order valence-electron chi connectivity index (χ3n) is 3.67. The highest BCUT2D eigenvalue weighted by molar-refractivity contribution is 6.01. The summed E-state index contributed by atoms with van der Waals surface area (Å²) in [4.78, 5) is 12.3. The number of aryl methyl sites for hydroxylation is 1. The fourth-order valence-electron chi connectivity index (χ4n) is 2.41. The van der Waals surface area contributed by atoms with Crippen LogP contribution in [-0.2, 0) is 6.42 Å². The first kappa shape index (κ1) is 17.5. The molecule has 6 heteroatoms. The largest absolute Gasteiger partial charge is 0.507 e. The highest BCUT2D eigenvalue weighted by Gasteiger charge is 2.18. The second kappa shape index (κ2) is 7.59. The maximum Gasteiger partial charge on any atom is 0.170 e. The minimum atomic E-state index is -0.359. The Morgan fingerprint density at radius 3 is 2.08 bits per heavy atom. The molecule has 0 spiro atoms. The van der Waals surface area contributed by atoms with E-state index in [9.17, 15) is 15.0 Å². The Bertz CT molecular complexity index is 715. The van der Waals surface area contributed by atoms with Crippen molar-refractivity contribution in [3.8, 4) is 28.7 Å². The highest BCUT2D eigenvalue weighted by Crippen LogP contribution is 2.34. The zero-order valence-corrected chi connectivity index (χ0v) is 13.8. The van der Waals surface area contributed by atoms with Crippen molar-refractivity contribution in [1.82, 2.24) is 0 Å². The lowest BCUT2D eigenvalue weighted by atomic mass is 10.0. The van der Waals surface area contributed by atoms with Gasteiger partial charge in [-0.2, -0.15) is 0 Å². The molecule has 0 aliphatic heterocycles. The summed E-state index contributed by atoms with van der Waals surface area (Å²) >= 11 is 0. The first-order valence-corrected chi connectivity index (χ1v) is 7.34. The molecule has 128 valence electrons. The van der Waals surface area contributed by atoms with Gasteiger partial charge in [0.2, 0.25) is 0 Å². The monoisotopic (exact) mass is 332 g/mol. The van der Waals surface area contributed by atoms with Crippen molar-refractivity contribution >= 4 is 5.78 Å². The molecular weight excluding hydrogens is 312 g/mol. The molecule has 0 heterocycles. The topological polar surface area (TPSA) is 85.2 Å². The second-order valence-corrected chi connectivity index (χ2v) is 5.15. The fourth-order valence-corrected chi connectivity index (χ4v) is 2.41. The quantitative estimate of drug-likeness (QED) is 0.758. The smallest absolute Gasteiger partial charge is 0.170 e. The van der Waals surface area contributed by atoms with Crippen LogP contribution in [0.3, 0.4) is 0 Å². The van der Waals surface area contributed by atoms with Crippen molar-refractivity contribution in [2.24, 2.45) is 0 Å².